The van der Waals surface area contributed by atoms with Gasteiger partial charge in [0.2, 0.25) is 0 Å². The highest BCUT2D eigenvalue weighted by Gasteiger charge is 2.19. The minimum atomic E-state index is -0.623. The van der Waals surface area contributed by atoms with E-state index in [0.29, 0.717) is 13.0 Å². The summed E-state index contributed by atoms with van der Waals surface area (Å²) in [7, 11) is 0. The van der Waals surface area contributed by atoms with E-state index in [-0.39, 0.29) is 16.3 Å². The van der Waals surface area contributed by atoms with Crippen LogP contribution in [0, 0.1) is 10.1 Å². The second kappa shape index (κ2) is 6.21. The molecule has 7 heteroatoms. The highest BCUT2D eigenvalue weighted by molar-refractivity contribution is 6.35. The monoisotopic (exact) mass is 294 g/mol. The first-order valence-electron chi connectivity index (χ1n) is 5.83. The number of hydrogen-bond acceptors (Lipinski definition) is 4. The van der Waals surface area contributed by atoms with Crippen molar-refractivity contribution in [2.45, 2.75) is 6.42 Å². The normalized spacial score (nSPS) is 10.2. The molecule has 0 aliphatic rings. The summed E-state index contributed by atoms with van der Waals surface area (Å²) < 4.78 is 5.13. The van der Waals surface area contributed by atoms with Crippen molar-refractivity contribution in [2.24, 2.45) is 0 Å². The van der Waals surface area contributed by atoms with Crippen molar-refractivity contribution in [1.29, 1.82) is 0 Å². The minimum Gasteiger partial charge on any atom is -0.469 e. The molecule has 6 nitrogen and oxygen atoms in total. The third-order valence-electron chi connectivity index (χ3n) is 2.66. The summed E-state index contributed by atoms with van der Waals surface area (Å²) in [5.41, 5.74) is -0.203. The van der Waals surface area contributed by atoms with Crippen LogP contribution in [0.2, 0.25) is 5.02 Å². The van der Waals surface area contributed by atoms with Gasteiger partial charge in [0.05, 0.1) is 16.7 Å². The fraction of sp³-hybridized carbons (Fsp3) is 0.154. The van der Waals surface area contributed by atoms with E-state index in [1.807, 2.05) is 0 Å². The van der Waals surface area contributed by atoms with Gasteiger partial charge in [0, 0.05) is 19.0 Å². The number of halogens is 1. The van der Waals surface area contributed by atoms with Crippen molar-refractivity contribution in [2.75, 3.05) is 6.54 Å². The van der Waals surface area contributed by atoms with E-state index in [9.17, 15) is 14.9 Å². The van der Waals surface area contributed by atoms with Gasteiger partial charge in [-0.25, -0.2) is 0 Å². The molecule has 0 aliphatic carbocycles. The van der Waals surface area contributed by atoms with Gasteiger partial charge in [-0.1, -0.05) is 17.7 Å². The second-order valence-corrected chi connectivity index (χ2v) is 4.36. The van der Waals surface area contributed by atoms with Crippen molar-refractivity contribution >= 4 is 23.2 Å². The van der Waals surface area contributed by atoms with Crippen LogP contribution >= 0.6 is 11.6 Å². The molecule has 0 radical (unpaired) electrons. The highest BCUT2D eigenvalue weighted by atomic mass is 35.5. The lowest BCUT2D eigenvalue weighted by atomic mass is 10.2. The Labute approximate surface area is 119 Å². The lowest BCUT2D eigenvalue weighted by Gasteiger charge is -2.06. The van der Waals surface area contributed by atoms with Crippen LogP contribution in [-0.2, 0) is 6.42 Å². The molecule has 1 aromatic heterocycles. The molecule has 1 N–H and O–H groups in total. The maximum Gasteiger partial charge on any atom is 0.288 e. The van der Waals surface area contributed by atoms with E-state index in [1.54, 1.807) is 18.4 Å². The van der Waals surface area contributed by atoms with E-state index in [0.717, 1.165) is 5.76 Å². The highest BCUT2D eigenvalue weighted by Crippen LogP contribution is 2.27. The molecule has 1 heterocycles. The maximum absolute atomic E-state index is 11.9. The fourth-order valence-corrected chi connectivity index (χ4v) is 1.97. The van der Waals surface area contributed by atoms with Gasteiger partial charge in [0.15, 0.2) is 0 Å². The number of nitro benzene ring substituents is 1. The molecule has 0 unspecified atom stereocenters. The zero-order valence-corrected chi connectivity index (χ0v) is 11.1. The summed E-state index contributed by atoms with van der Waals surface area (Å²) in [6, 6.07) is 7.67. The smallest absolute Gasteiger partial charge is 0.288 e. The summed E-state index contributed by atoms with van der Waals surface area (Å²) in [5, 5.41) is 13.2. The van der Waals surface area contributed by atoms with Crippen LogP contribution in [0.3, 0.4) is 0 Å². The molecule has 0 spiro atoms. The van der Waals surface area contributed by atoms with Gasteiger partial charge in [-0.05, 0) is 18.2 Å². The molecular weight excluding hydrogens is 284 g/mol. The van der Waals surface area contributed by atoms with Crippen LogP contribution in [0.25, 0.3) is 0 Å². The van der Waals surface area contributed by atoms with Gasteiger partial charge in [-0.3, -0.25) is 14.9 Å². The molecule has 0 atom stereocenters. The predicted octanol–water partition coefficient (Wildman–Crippen LogP) is 2.81. The Hall–Kier alpha value is -2.34. The summed E-state index contributed by atoms with van der Waals surface area (Å²) in [5.74, 6) is 0.292. The summed E-state index contributed by atoms with van der Waals surface area (Å²) in [4.78, 5) is 22.0. The van der Waals surface area contributed by atoms with E-state index in [1.165, 1.54) is 18.2 Å². The molecule has 0 fully saturated rings. The van der Waals surface area contributed by atoms with Crippen molar-refractivity contribution in [3.05, 3.63) is 63.1 Å². The van der Waals surface area contributed by atoms with E-state index in [4.69, 9.17) is 16.0 Å². The summed E-state index contributed by atoms with van der Waals surface area (Å²) in [6.45, 7) is 0.353. The molecule has 1 aromatic carbocycles. The quantitative estimate of drug-likeness (QED) is 0.678. The summed E-state index contributed by atoms with van der Waals surface area (Å²) >= 11 is 5.86. The number of nitrogens with one attached hydrogen (secondary N) is 1. The third-order valence-corrected chi connectivity index (χ3v) is 3.05. The molecule has 2 aromatic rings. The molecular formula is C13H11ClN2O4. The van der Waals surface area contributed by atoms with E-state index < -0.39 is 10.8 Å². The zero-order chi connectivity index (χ0) is 14.5. The first-order valence-corrected chi connectivity index (χ1v) is 6.21. The lowest BCUT2D eigenvalue weighted by molar-refractivity contribution is -0.384. The molecule has 0 bridgehead atoms. The number of amides is 1. The van der Waals surface area contributed by atoms with Gasteiger partial charge in [0.25, 0.3) is 11.6 Å². The van der Waals surface area contributed by atoms with Crippen LogP contribution < -0.4 is 5.32 Å². The Balaban J connectivity index is 2.02. The van der Waals surface area contributed by atoms with Crippen LogP contribution in [0.4, 0.5) is 5.69 Å². The SMILES string of the molecule is O=C(NCCc1ccco1)c1cccc([N+](=O)[O-])c1Cl. The number of carbonyl (C=O) groups is 1. The number of hydrogen-bond donors (Lipinski definition) is 1. The number of carbonyl (C=O) groups excluding carboxylic acids is 1. The Morgan fingerprint density at radius 1 is 1.35 bits per heavy atom. The molecule has 2 rings (SSSR count). The average molecular weight is 295 g/mol. The Kier molecular flexibility index (Phi) is 4.37. The maximum atomic E-state index is 11.9. The number of benzene rings is 1. The standard InChI is InChI=1S/C13H11ClN2O4/c14-12-10(4-1-5-11(12)16(18)19)13(17)15-7-6-9-3-2-8-20-9/h1-5,8H,6-7H2,(H,15,17). The number of nitrogens with zero attached hydrogens (tertiary/aromatic N) is 1. The van der Waals surface area contributed by atoms with Crippen LogP contribution in [0.1, 0.15) is 16.1 Å². The first-order chi connectivity index (χ1) is 9.59. The molecule has 0 saturated heterocycles. The number of nitro groups is 1. The van der Waals surface area contributed by atoms with E-state index >= 15 is 0 Å². The van der Waals surface area contributed by atoms with Crippen molar-refractivity contribution < 1.29 is 14.1 Å². The topological polar surface area (TPSA) is 85.4 Å². The van der Waals surface area contributed by atoms with Gasteiger partial charge < -0.3 is 9.73 Å². The Bertz CT molecular complexity index is 625. The van der Waals surface area contributed by atoms with Crippen molar-refractivity contribution in [1.82, 2.24) is 5.32 Å². The van der Waals surface area contributed by atoms with Crippen molar-refractivity contribution in [3.63, 3.8) is 0 Å². The van der Waals surface area contributed by atoms with Crippen LogP contribution in [-0.4, -0.2) is 17.4 Å². The predicted molar refractivity (Wildman–Crippen MR) is 72.9 cm³/mol. The summed E-state index contributed by atoms with van der Waals surface area (Å²) in [6.07, 6.45) is 2.08. The fourth-order valence-electron chi connectivity index (χ4n) is 1.69. The molecule has 20 heavy (non-hydrogen) atoms. The second-order valence-electron chi connectivity index (χ2n) is 3.98. The first kappa shape index (κ1) is 14.1. The van der Waals surface area contributed by atoms with Gasteiger partial charge in [-0.2, -0.15) is 0 Å². The van der Waals surface area contributed by atoms with Gasteiger partial charge in [0.1, 0.15) is 10.8 Å². The number of furan rings is 1. The van der Waals surface area contributed by atoms with Gasteiger partial charge >= 0.3 is 0 Å². The molecule has 104 valence electrons. The Morgan fingerprint density at radius 3 is 2.80 bits per heavy atom. The lowest BCUT2D eigenvalue weighted by Crippen LogP contribution is -2.26. The minimum absolute atomic E-state index is 0.0836. The largest absolute Gasteiger partial charge is 0.469 e. The van der Waals surface area contributed by atoms with Crippen LogP contribution in [0.5, 0.6) is 0 Å². The van der Waals surface area contributed by atoms with Crippen molar-refractivity contribution in [3.8, 4) is 0 Å². The van der Waals surface area contributed by atoms with E-state index in [2.05, 4.69) is 5.32 Å². The number of rotatable bonds is 5. The molecule has 0 aliphatic heterocycles. The van der Waals surface area contributed by atoms with Crippen LogP contribution in [0.15, 0.2) is 41.0 Å². The third kappa shape index (κ3) is 3.16. The zero-order valence-electron chi connectivity index (χ0n) is 10.3. The Morgan fingerprint density at radius 2 is 2.15 bits per heavy atom. The van der Waals surface area contributed by atoms with Gasteiger partial charge in [-0.15, -0.1) is 0 Å². The molecule has 1 amide bonds. The molecule has 0 saturated carbocycles. The average Bonchev–Trinajstić information content (AvgIpc) is 2.91.